The maximum atomic E-state index is 12.0. The van der Waals surface area contributed by atoms with Crippen LogP contribution in [0, 0.1) is 5.41 Å². The van der Waals surface area contributed by atoms with E-state index in [0.29, 0.717) is 30.6 Å². The second-order valence-corrected chi connectivity index (χ2v) is 4.78. The zero-order valence-electron chi connectivity index (χ0n) is 11.4. The van der Waals surface area contributed by atoms with Gasteiger partial charge in [0.2, 0.25) is 0 Å². The molecule has 6 heteroatoms. The number of aryl methyl sites for hydroxylation is 1. The van der Waals surface area contributed by atoms with Gasteiger partial charge in [0.25, 0.3) is 0 Å². The van der Waals surface area contributed by atoms with Crippen molar-refractivity contribution >= 4 is 16.9 Å². The summed E-state index contributed by atoms with van der Waals surface area (Å²) in [5, 5.41) is 7.68. The van der Waals surface area contributed by atoms with E-state index in [9.17, 15) is 4.79 Å². The van der Waals surface area contributed by atoms with Gasteiger partial charge in [0.15, 0.2) is 16.9 Å². The second-order valence-electron chi connectivity index (χ2n) is 4.78. The highest BCUT2D eigenvalue weighted by Gasteiger charge is 2.07. The Morgan fingerprint density at radius 1 is 1.24 bits per heavy atom. The zero-order chi connectivity index (χ0) is 14.7. The average molecular weight is 281 g/mol. The van der Waals surface area contributed by atoms with Gasteiger partial charge in [-0.05, 0) is 6.42 Å². The molecule has 3 aromatic rings. The summed E-state index contributed by atoms with van der Waals surface area (Å²) in [7, 11) is 0. The number of aromatic amines is 1. The Bertz CT molecular complexity index is 819. The lowest BCUT2D eigenvalue weighted by Crippen LogP contribution is -2.13. The number of nitrogens with zero attached hydrogens (tertiary/aromatic N) is 3. The standard InChI is InChI=1S/C15H15N5O/c16-14-13-15(18-9-17-13)20(10-19-14)8-4-7-12(21)11-5-2-1-3-6-11/h1-3,5-6,9-10,16H,4,7-8H2,(H,17,18). The average Bonchev–Trinajstić information content (AvgIpc) is 3.01. The van der Waals surface area contributed by atoms with Crippen molar-refractivity contribution in [2.75, 3.05) is 0 Å². The summed E-state index contributed by atoms with van der Waals surface area (Å²) in [6.45, 7) is 0.646. The number of rotatable bonds is 5. The predicted octanol–water partition coefficient (Wildman–Crippen LogP) is 1.90. The molecule has 2 aromatic heterocycles. The van der Waals surface area contributed by atoms with Crippen molar-refractivity contribution in [1.82, 2.24) is 19.5 Å². The molecule has 2 heterocycles. The largest absolute Gasteiger partial charge is 0.340 e. The van der Waals surface area contributed by atoms with Crippen LogP contribution in [0.2, 0.25) is 0 Å². The molecule has 106 valence electrons. The third-order valence-corrected chi connectivity index (χ3v) is 3.35. The van der Waals surface area contributed by atoms with Gasteiger partial charge in [-0.15, -0.1) is 0 Å². The molecular weight excluding hydrogens is 266 g/mol. The lowest BCUT2D eigenvalue weighted by molar-refractivity contribution is 0.0978. The van der Waals surface area contributed by atoms with Crippen molar-refractivity contribution in [1.29, 1.82) is 5.41 Å². The molecule has 6 nitrogen and oxygen atoms in total. The number of carbonyl (C=O) groups excluding carboxylic acids is 1. The van der Waals surface area contributed by atoms with Crippen LogP contribution in [0.4, 0.5) is 0 Å². The Labute approximate surface area is 121 Å². The number of fused-ring (bicyclic) bond motifs is 1. The summed E-state index contributed by atoms with van der Waals surface area (Å²) < 4.78 is 1.86. The first-order chi connectivity index (χ1) is 10.3. The minimum Gasteiger partial charge on any atom is -0.340 e. The van der Waals surface area contributed by atoms with E-state index in [-0.39, 0.29) is 11.3 Å². The van der Waals surface area contributed by atoms with Crippen LogP contribution in [0.5, 0.6) is 0 Å². The molecule has 1 aromatic carbocycles. The Morgan fingerprint density at radius 2 is 2.05 bits per heavy atom. The fourth-order valence-electron chi connectivity index (χ4n) is 2.27. The monoisotopic (exact) mass is 281 g/mol. The maximum Gasteiger partial charge on any atom is 0.173 e. The van der Waals surface area contributed by atoms with E-state index in [2.05, 4.69) is 15.0 Å². The number of nitrogens with one attached hydrogen (secondary N) is 2. The smallest absolute Gasteiger partial charge is 0.173 e. The predicted molar refractivity (Wildman–Crippen MR) is 77.7 cm³/mol. The van der Waals surface area contributed by atoms with Gasteiger partial charge in [0.1, 0.15) is 5.52 Å². The van der Waals surface area contributed by atoms with Crippen molar-refractivity contribution in [3.8, 4) is 0 Å². The van der Waals surface area contributed by atoms with E-state index < -0.39 is 0 Å². The number of ketones is 1. The molecule has 0 saturated heterocycles. The van der Waals surface area contributed by atoms with E-state index in [4.69, 9.17) is 5.41 Å². The molecule has 21 heavy (non-hydrogen) atoms. The first-order valence-corrected chi connectivity index (χ1v) is 6.77. The van der Waals surface area contributed by atoms with Gasteiger partial charge in [0.05, 0.1) is 12.7 Å². The van der Waals surface area contributed by atoms with Crippen LogP contribution >= 0.6 is 0 Å². The Balaban J connectivity index is 1.68. The zero-order valence-corrected chi connectivity index (χ0v) is 11.4. The highest BCUT2D eigenvalue weighted by atomic mass is 16.1. The molecule has 0 unspecified atom stereocenters. The van der Waals surface area contributed by atoms with Crippen LogP contribution in [0.25, 0.3) is 11.2 Å². The van der Waals surface area contributed by atoms with Crippen molar-refractivity contribution in [2.24, 2.45) is 0 Å². The highest BCUT2D eigenvalue weighted by Crippen LogP contribution is 2.08. The molecule has 2 N–H and O–H groups in total. The lowest BCUT2D eigenvalue weighted by atomic mass is 10.1. The summed E-state index contributed by atoms with van der Waals surface area (Å²) in [4.78, 5) is 23.1. The van der Waals surface area contributed by atoms with Crippen LogP contribution in [-0.2, 0) is 6.54 Å². The number of H-pyrrole nitrogens is 1. The molecule has 0 aliphatic rings. The molecule has 0 aliphatic heterocycles. The minimum atomic E-state index is 0.138. The summed E-state index contributed by atoms with van der Waals surface area (Å²) in [6.07, 6.45) is 4.33. The quantitative estimate of drug-likeness (QED) is 0.700. The number of carbonyl (C=O) groups is 1. The molecule has 0 saturated carbocycles. The first-order valence-electron chi connectivity index (χ1n) is 6.77. The summed E-state index contributed by atoms with van der Waals surface area (Å²) in [6, 6.07) is 9.29. The van der Waals surface area contributed by atoms with Crippen LogP contribution in [0.3, 0.4) is 0 Å². The highest BCUT2D eigenvalue weighted by molar-refractivity contribution is 5.95. The number of imidazole rings is 1. The van der Waals surface area contributed by atoms with Crippen LogP contribution in [0.15, 0.2) is 43.0 Å². The molecule has 0 amide bonds. The molecule has 0 atom stereocenters. The molecular formula is C15H15N5O. The Kier molecular flexibility index (Phi) is 3.59. The van der Waals surface area contributed by atoms with Crippen molar-refractivity contribution in [2.45, 2.75) is 19.4 Å². The van der Waals surface area contributed by atoms with E-state index in [1.54, 1.807) is 12.7 Å². The van der Waals surface area contributed by atoms with Gasteiger partial charge in [-0.2, -0.15) is 0 Å². The van der Waals surface area contributed by atoms with E-state index >= 15 is 0 Å². The number of hydrogen-bond acceptors (Lipinski definition) is 4. The van der Waals surface area contributed by atoms with Crippen molar-refractivity contribution in [3.63, 3.8) is 0 Å². The number of benzene rings is 1. The van der Waals surface area contributed by atoms with Gasteiger partial charge >= 0.3 is 0 Å². The summed E-state index contributed by atoms with van der Waals surface area (Å²) >= 11 is 0. The Hall–Kier alpha value is -2.76. The molecule has 0 fully saturated rings. The van der Waals surface area contributed by atoms with E-state index in [1.807, 2.05) is 34.9 Å². The SMILES string of the molecule is N=c1ncn(CCCC(=O)c2ccccc2)c2nc[nH]c12. The van der Waals surface area contributed by atoms with Gasteiger partial charge in [-0.25, -0.2) is 9.97 Å². The van der Waals surface area contributed by atoms with Crippen LogP contribution in [0.1, 0.15) is 23.2 Å². The Morgan fingerprint density at radius 3 is 2.86 bits per heavy atom. The van der Waals surface area contributed by atoms with E-state index in [1.165, 1.54) is 0 Å². The third kappa shape index (κ3) is 2.74. The van der Waals surface area contributed by atoms with Crippen LogP contribution in [-0.4, -0.2) is 25.3 Å². The molecule has 0 bridgehead atoms. The maximum absolute atomic E-state index is 12.0. The first kappa shape index (κ1) is 13.2. The van der Waals surface area contributed by atoms with Crippen molar-refractivity contribution in [3.05, 3.63) is 54.0 Å². The number of aromatic nitrogens is 4. The molecule has 0 radical (unpaired) electrons. The van der Waals surface area contributed by atoms with Gasteiger partial charge in [-0.1, -0.05) is 30.3 Å². The van der Waals surface area contributed by atoms with Crippen LogP contribution < -0.4 is 5.49 Å². The minimum absolute atomic E-state index is 0.138. The lowest BCUT2D eigenvalue weighted by Gasteiger charge is -2.06. The fraction of sp³-hybridized carbons (Fsp3) is 0.200. The third-order valence-electron chi connectivity index (χ3n) is 3.35. The normalized spacial score (nSPS) is 10.9. The second kappa shape index (κ2) is 5.70. The molecule has 0 aliphatic carbocycles. The number of Topliss-reactive ketones (excluding diaryl/α,β-unsaturated/α-hetero) is 1. The van der Waals surface area contributed by atoms with Crippen molar-refractivity contribution < 1.29 is 4.79 Å². The summed E-state index contributed by atoms with van der Waals surface area (Å²) in [5.74, 6) is 0.138. The van der Waals surface area contributed by atoms with Gasteiger partial charge in [0, 0.05) is 18.5 Å². The van der Waals surface area contributed by atoms with E-state index in [0.717, 1.165) is 5.56 Å². The topological polar surface area (TPSA) is 87.4 Å². The molecule has 3 rings (SSSR count). The van der Waals surface area contributed by atoms with Gasteiger partial charge < -0.3 is 9.55 Å². The van der Waals surface area contributed by atoms with Gasteiger partial charge in [-0.3, -0.25) is 10.2 Å². The fourth-order valence-corrected chi connectivity index (χ4v) is 2.27. The summed E-state index contributed by atoms with van der Waals surface area (Å²) in [5.41, 5.74) is 2.24. The number of hydrogen-bond donors (Lipinski definition) is 2. The molecule has 0 spiro atoms.